The minimum atomic E-state index is -3.60. The average Bonchev–Trinajstić information content (AvgIpc) is 2.87. The molecule has 2 aromatic rings. The van der Waals surface area contributed by atoms with Crippen LogP contribution in [0.3, 0.4) is 0 Å². The van der Waals surface area contributed by atoms with Gasteiger partial charge in [0.25, 0.3) is 10.0 Å². The van der Waals surface area contributed by atoms with Crippen LogP contribution in [0.4, 0.5) is 0 Å². The molecule has 92 valence electrons. The molecular formula is C10H14N4O2S. The van der Waals surface area contributed by atoms with E-state index >= 15 is 0 Å². The van der Waals surface area contributed by atoms with Crippen LogP contribution in [0.2, 0.25) is 0 Å². The highest BCUT2D eigenvalue weighted by Gasteiger charge is 2.21. The minimum absolute atomic E-state index is 0.0482. The fourth-order valence-corrected chi connectivity index (χ4v) is 2.83. The van der Waals surface area contributed by atoms with Crippen molar-refractivity contribution < 1.29 is 8.42 Å². The molecule has 0 bridgehead atoms. The van der Waals surface area contributed by atoms with Gasteiger partial charge in [-0.1, -0.05) is 6.92 Å². The molecule has 0 aromatic carbocycles. The molecule has 2 rings (SSSR count). The van der Waals surface area contributed by atoms with Crippen LogP contribution in [0.15, 0.2) is 29.9 Å². The number of rotatable bonds is 4. The quantitative estimate of drug-likeness (QED) is 0.817. The van der Waals surface area contributed by atoms with Crippen molar-refractivity contribution in [2.24, 2.45) is 0 Å². The summed E-state index contributed by atoms with van der Waals surface area (Å²) < 4.78 is 27.3. The third kappa shape index (κ3) is 2.10. The number of hydrogen-bond donors (Lipinski definition) is 0. The summed E-state index contributed by atoms with van der Waals surface area (Å²) >= 11 is 0. The topological polar surface area (TPSA) is 69.8 Å². The van der Waals surface area contributed by atoms with Crippen molar-refractivity contribution in [1.29, 1.82) is 0 Å². The largest absolute Gasteiger partial charge is 0.336 e. The van der Waals surface area contributed by atoms with Gasteiger partial charge >= 0.3 is 0 Å². The van der Waals surface area contributed by atoms with Crippen LogP contribution in [-0.2, 0) is 16.6 Å². The zero-order chi connectivity index (χ0) is 12.5. The van der Waals surface area contributed by atoms with Crippen LogP contribution < -0.4 is 0 Å². The lowest BCUT2D eigenvalue weighted by Crippen LogP contribution is -2.14. The lowest BCUT2D eigenvalue weighted by atomic mass is 10.5. The van der Waals surface area contributed by atoms with Gasteiger partial charge in [0.05, 0.1) is 6.33 Å². The normalized spacial score (nSPS) is 11.9. The maximum atomic E-state index is 12.2. The van der Waals surface area contributed by atoms with E-state index in [0.717, 1.165) is 16.9 Å². The Labute approximate surface area is 100.0 Å². The standard InChI is InChI=1S/C10H14N4O2S/c1-3-5-13-7-10(12-8-13)17(15,16)14-6-4-11-9(14)2/h4,6-8H,3,5H2,1-2H3. The molecular weight excluding hydrogens is 240 g/mol. The summed E-state index contributed by atoms with van der Waals surface area (Å²) in [6.07, 6.45) is 6.88. The fraction of sp³-hybridized carbons (Fsp3) is 0.400. The Bertz CT molecular complexity index is 612. The molecule has 0 aliphatic carbocycles. The van der Waals surface area contributed by atoms with Gasteiger partial charge in [-0.25, -0.2) is 13.9 Å². The Morgan fingerprint density at radius 3 is 2.71 bits per heavy atom. The number of aromatic nitrogens is 4. The average molecular weight is 254 g/mol. The summed E-state index contributed by atoms with van der Waals surface area (Å²) in [6.45, 7) is 4.42. The summed E-state index contributed by atoms with van der Waals surface area (Å²) in [5.41, 5.74) is 0. The second-order valence-corrected chi connectivity index (χ2v) is 5.49. The summed E-state index contributed by atoms with van der Waals surface area (Å²) in [4.78, 5) is 7.83. The molecule has 0 radical (unpaired) electrons. The predicted molar refractivity (Wildman–Crippen MR) is 62.1 cm³/mol. The van der Waals surface area contributed by atoms with Gasteiger partial charge in [0.2, 0.25) is 0 Å². The zero-order valence-corrected chi connectivity index (χ0v) is 10.6. The Morgan fingerprint density at radius 1 is 1.35 bits per heavy atom. The Kier molecular flexibility index (Phi) is 3.01. The van der Waals surface area contributed by atoms with Crippen LogP contribution >= 0.6 is 0 Å². The van der Waals surface area contributed by atoms with Crippen molar-refractivity contribution in [3.63, 3.8) is 0 Å². The van der Waals surface area contributed by atoms with E-state index in [1.165, 1.54) is 24.9 Å². The summed E-state index contributed by atoms with van der Waals surface area (Å²) in [5, 5.41) is 0.0482. The highest BCUT2D eigenvalue weighted by Crippen LogP contribution is 2.12. The van der Waals surface area contributed by atoms with Crippen molar-refractivity contribution in [2.45, 2.75) is 31.8 Å². The summed E-state index contributed by atoms with van der Waals surface area (Å²) in [5.74, 6) is 0.426. The summed E-state index contributed by atoms with van der Waals surface area (Å²) in [6, 6.07) is 0. The number of imidazole rings is 2. The molecule has 0 N–H and O–H groups in total. The number of aryl methyl sites for hydroxylation is 2. The maximum Gasteiger partial charge on any atom is 0.288 e. The Balaban J connectivity index is 2.42. The molecule has 7 heteroatoms. The molecule has 2 heterocycles. The number of nitrogens with zero attached hydrogens (tertiary/aromatic N) is 4. The Hall–Kier alpha value is -1.63. The monoisotopic (exact) mass is 254 g/mol. The minimum Gasteiger partial charge on any atom is -0.336 e. The lowest BCUT2D eigenvalue weighted by molar-refractivity contribution is 0.582. The van der Waals surface area contributed by atoms with E-state index < -0.39 is 10.0 Å². The van der Waals surface area contributed by atoms with Gasteiger partial charge in [0, 0.05) is 25.1 Å². The van der Waals surface area contributed by atoms with E-state index in [-0.39, 0.29) is 5.03 Å². The second kappa shape index (κ2) is 4.33. The van der Waals surface area contributed by atoms with Crippen molar-refractivity contribution in [3.8, 4) is 0 Å². The maximum absolute atomic E-state index is 12.2. The molecule has 0 aliphatic heterocycles. The predicted octanol–water partition coefficient (Wildman–Crippen LogP) is 1.04. The van der Waals surface area contributed by atoms with E-state index in [4.69, 9.17) is 0 Å². The van der Waals surface area contributed by atoms with Crippen molar-refractivity contribution >= 4 is 10.0 Å². The molecule has 0 fully saturated rings. The highest BCUT2D eigenvalue weighted by molar-refractivity contribution is 7.89. The van der Waals surface area contributed by atoms with Gasteiger partial charge in [0.1, 0.15) is 5.82 Å². The first kappa shape index (κ1) is 11.8. The van der Waals surface area contributed by atoms with E-state index in [2.05, 4.69) is 9.97 Å². The SMILES string of the molecule is CCCn1cnc(S(=O)(=O)n2ccnc2C)c1. The molecule has 0 atom stereocenters. The molecule has 0 saturated carbocycles. The van der Waals surface area contributed by atoms with Crippen molar-refractivity contribution in [2.75, 3.05) is 0 Å². The van der Waals surface area contributed by atoms with Crippen molar-refractivity contribution in [3.05, 3.63) is 30.7 Å². The van der Waals surface area contributed by atoms with Crippen LogP contribution in [0, 0.1) is 6.92 Å². The first-order valence-electron chi connectivity index (χ1n) is 5.33. The molecule has 0 spiro atoms. The third-order valence-corrected chi connectivity index (χ3v) is 4.04. The molecule has 2 aromatic heterocycles. The molecule has 0 unspecified atom stereocenters. The molecule has 17 heavy (non-hydrogen) atoms. The van der Waals surface area contributed by atoms with Gasteiger partial charge in [-0.05, 0) is 13.3 Å². The molecule has 0 aliphatic rings. The van der Waals surface area contributed by atoms with Gasteiger partial charge in [-0.3, -0.25) is 0 Å². The Morgan fingerprint density at radius 2 is 2.12 bits per heavy atom. The smallest absolute Gasteiger partial charge is 0.288 e. The van der Waals surface area contributed by atoms with E-state index in [9.17, 15) is 8.42 Å². The van der Waals surface area contributed by atoms with Gasteiger partial charge < -0.3 is 4.57 Å². The van der Waals surface area contributed by atoms with E-state index in [0.29, 0.717) is 5.82 Å². The van der Waals surface area contributed by atoms with E-state index in [1.807, 2.05) is 6.92 Å². The first-order chi connectivity index (χ1) is 8.05. The van der Waals surface area contributed by atoms with Gasteiger partial charge in [-0.15, -0.1) is 0 Å². The highest BCUT2D eigenvalue weighted by atomic mass is 32.2. The fourth-order valence-electron chi connectivity index (χ4n) is 1.57. The number of hydrogen-bond acceptors (Lipinski definition) is 4. The van der Waals surface area contributed by atoms with Crippen LogP contribution in [0.1, 0.15) is 19.2 Å². The summed E-state index contributed by atoms with van der Waals surface area (Å²) in [7, 11) is -3.60. The molecule has 0 saturated heterocycles. The van der Waals surface area contributed by atoms with Gasteiger partial charge in [-0.2, -0.15) is 8.42 Å². The van der Waals surface area contributed by atoms with Crippen LogP contribution in [0.25, 0.3) is 0 Å². The van der Waals surface area contributed by atoms with Crippen LogP contribution in [-0.4, -0.2) is 26.9 Å². The lowest BCUT2D eigenvalue weighted by Gasteiger charge is -2.03. The zero-order valence-electron chi connectivity index (χ0n) is 9.74. The molecule has 6 nitrogen and oxygen atoms in total. The second-order valence-electron chi connectivity index (χ2n) is 3.73. The van der Waals surface area contributed by atoms with E-state index in [1.54, 1.807) is 11.5 Å². The molecule has 0 amide bonds. The first-order valence-corrected chi connectivity index (χ1v) is 6.77. The van der Waals surface area contributed by atoms with Crippen molar-refractivity contribution in [1.82, 2.24) is 18.5 Å². The van der Waals surface area contributed by atoms with Gasteiger partial charge in [0.15, 0.2) is 5.03 Å². The van der Waals surface area contributed by atoms with Crippen LogP contribution in [0.5, 0.6) is 0 Å². The third-order valence-electron chi connectivity index (χ3n) is 2.40.